The van der Waals surface area contributed by atoms with Gasteiger partial charge in [0, 0.05) is 38.0 Å². The Morgan fingerprint density at radius 1 is 1.27 bits per heavy atom. The van der Waals surface area contributed by atoms with Gasteiger partial charge in [-0.15, -0.1) is 0 Å². The van der Waals surface area contributed by atoms with Gasteiger partial charge in [0.1, 0.15) is 5.82 Å². The highest BCUT2D eigenvalue weighted by Gasteiger charge is 2.20. The Morgan fingerprint density at radius 3 is 2.87 bits per heavy atom. The van der Waals surface area contributed by atoms with Crippen LogP contribution in [0.3, 0.4) is 0 Å². The lowest BCUT2D eigenvalue weighted by Gasteiger charge is -2.17. The summed E-state index contributed by atoms with van der Waals surface area (Å²) in [6.07, 6.45) is 5.94. The van der Waals surface area contributed by atoms with Gasteiger partial charge in [0.05, 0.1) is 6.54 Å². The van der Waals surface area contributed by atoms with E-state index in [0.717, 1.165) is 17.5 Å². The quantitative estimate of drug-likeness (QED) is 0.799. The van der Waals surface area contributed by atoms with Crippen LogP contribution in [0.2, 0.25) is 0 Å². The van der Waals surface area contributed by atoms with E-state index >= 15 is 0 Å². The lowest BCUT2D eigenvalue weighted by Crippen LogP contribution is -2.27. The third-order valence-electron chi connectivity index (χ3n) is 5.68. The first-order chi connectivity index (χ1) is 14.4. The van der Waals surface area contributed by atoms with Crippen molar-refractivity contribution in [2.45, 2.75) is 19.9 Å². The van der Waals surface area contributed by atoms with Crippen molar-refractivity contribution in [3.63, 3.8) is 0 Å². The van der Waals surface area contributed by atoms with Crippen LogP contribution in [0.4, 0.5) is 5.82 Å². The number of allylic oxidation sites excluding steroid dienone is 1. The van der Waals surface area contributed by atoms with E-state index in [9.17, 15) is 9.59 Å². The number of anilines is 1. The zero-order valence-electron chi connectivity index (χ0n) is 17.6. The van der Waals surface area contributed by atoms with Crippen molar-refractivity contribution in [3.05, 3.63) is 70.4 Å². The molecule has 0 fully saturated rings. The van der Waals surface area contributed by atoms with Gasteiger partial charge in [-0.2, -0.15) is 0 Å². The molecular weight excluding hydrogens is 376 g/mol. The van der Waals surface area contributed by atoms with Crippen LogP contribution in [-0.4, -0.2) is 53.8 Å². The molecule has 0 saturated carbocycles. The molecule has 0 unspecified atom stereocenters. The number of likely N-dealkylation sites (N-methyl/N-ethyl adjacent to an activating group) is 2. The summed E-state index contributed by atoms with van der Waals surface area (Å²) in [7, 11) is 3.73. The number of amides is 2. The smallest absolute Gasteiger partial charge is 0.246 e. The van der Waals surface area contributed by atoms with E-state index in [1.54, 1.807) is 23.2 Å². The summed E-state index contributed by atoms with van der Waals surface area (Å²) in [6, 6.07) is 10.4. The lowest BCUT2D eigenvalue weighted by molar-refractivity contribution is -0.124. The number of rotatable bonds is 4. The largest absolute Gasteiger partial charge is 0.338 e. The molecule has 1 aliphatic heterocycles. The average molecular weight is 402 g/mol. The minimum atomic E-state index is -0.0671. The third-order valence-corrected chi connectivity index (χ3v) is 5.68. The van der Waals surface area contributed by atoms with E-state index in [1.807, 2.05) is 25.1 Å². The van der Waals surface area contributed by atoms with Crippen LogP contribution in [-0.2, 0) is 22.6 Å². The minimum Gasteiger partial charge on any atom is -0.338 e. The molecule has 2 heterocycles. The van der Waals surface area contributed by atoms with Crippen molar-refractivity contribution in [2.75, 3.05) is 32.5 Å². The molecule has 154 valence electrons. The molecule has 2 aromatic rings. The van der Waals surface area contributed by atoms with E-state index < -0.39 is 0 Å². The van der Waals surface area contributed by atoms with Gasteiger partial charge >= 0.3 is 0 Å². The fourth-order valence-corrected chi connectivity index (χ4v) is 4.04. The normalized spacial score (nSPS) is 16.3. The van der Waals surface area contributed by atoms with Gasteiger partial charge in [-0.3, -0.25) is 14.5 Å². The van der Waals surface area contributed by atoms with Crippen LogP contribution in [0.1, 0.15) is 29.2 Å². The first-order valence-electron chi connectivity index (χ1n) is 10.1. The number of carbonyl (C=O) groups is 2. The fraction of sp³-hybridized carbons (Fsp3) is 0.292. The van der Waals surface area contributed by atoms with Crippen LogP contribution in [0, 0.1) is 0 Å². The maximum atomic E-state index is 12.7. The number of nitrogens with one attached hydrogen (secondary N) is 1. The van der Waals surface area contributed by atoms with Gasteiger partial charge in [0.2, 0.25) is 11.8 Å². The van der Waals surface area contributed by atoms with Gasteiger partial charge in [0.25, 0.3) is 0 Å². The maximum absolute atomic E-state index is 12.7. The van der Waals surface area contributed by atoms with Crippen molar-refractivity contribution in [3.8, 4) is 0 Å². The second-order valence-electron chi connectivity index (χ2n) is 8.09. The van der Waals surface area contributed by atoms with E-state index in [2.05, 4.69) is 41.5 Å². The topological polar surface area (TPSA) is 65.5 Å². The predicted octanol–water partition coefficient (Wildman–Crippen LogP) is 2.97. The van der Waals surface area contributed by atoms with Crippen LogP contribution < -0.4 is 5.32 Å². The molecule has 2 amide bonds. The summed E-state index contributed by atoms with van der Waals surface area (Å²) in [5, 5.41) is 2.82. The van der Waals surface area contributed by atoms with Crippen molar-refractivity contribution in [2.24, 2.45) is 0 Å². The SMILES string of the molecule is CC1=C(CN(C)C(=O)C=Cc2cnc3c(c2)CN(C)CC(=O)N3)Cc2ccccc21. The molecule has 0 atom stereocenters. The summed E-state index contributed by atoms with van der Waals surface area (Å²) >= 11 is 0. The molecule has 1 aromatic heterocycles. The fourth-order valence-electron chi connectivity index (χ4n) is 4.04. The Bertz CT molecular complexity index is 1070. The van der Waals surface area contributed by atoms with Crippen LogP contribution in [0.25, 0.3) is 11.6 Å². The summed E-state index contributed by atoms with van der Waals surface area (Å²) in [4.78, 5) is 32.5. The van der Waals surface area contributed by atoms with E-state index in [-0.39, 0.29) is 11.8 Å². The minimum absolute atomic E-state index is 0.0494. The molecule has 4 rings (SSSR count). The summed E-state index contributed by atoms with van der Waals surface area (Å²) in [5.74, 6) is 0.474. The Balaban J connectivity index is 1.43. The van der Waals surface area contributed by atoms with E-state index in [0.29, 0.717) is 25.5 Å². The number of hydrogen-bond donors (Lipinski definition) is 1. The van der Waals surface area contributed by atoms with Crippen molar-refractivity contribution in [1.29, 1.82) is 0 Å². The molecule has 0 saturated heterocycles. The maximum Gasteiger partial charge on any atom is 0.246 e. The molecular formula is C24H26N4O2. The van der Waals surface area contributed by atoms with Gasteiger partial charge in [-0.05, 0) is 60.4 Å². The number of aromatic nitrogens is 1. The van der Waals surface area contributed by atoms with Gasteiger partial charge in [0.15, 0.2) is 0 Å². The van der Waals surface area contributed by atoms with E-state index in [1.165, 1.54) is 22.3 Å². The average Bonchev–Trinajstić information content (AvgIpc) is 2.94. The van der Waals surface area contributed by atoms with Gasteiger partial charge in [-0.1, -0.05) is 24.3 Å². The zero-order chi connectivity index (χ0) is 21.3. The number of carbonyl (C=O) groups excluding carboxylic acids is 2. The number of benzene rings is 1. The predicted molar refractivity (Wildman–Crippen MR) is 119 cm³/mol. The molecule has 6 nitrogen and oxygen atoms in total. The second-order valence-corrected chi connectivity index (χ2v) is 8.09. The number of pyridine rings is 1. The number of hydrogen-bond acceptors (Lipinski definition) is 4. The number of fused-ring (bicyclic) bond motifs is 2. The Hall–Kier alpha value is -3.25. The second kappa shape index (κ2) is 8.24. The summed E-state index contributed by atoms with van der Waals surface area (Å²) in [5.41, 5.74) is 6.95. The highest BCUT2D eigenvalue weighted by molar-refractivity contribution is 5.93. The molecule has 30 heavy (non-hydrogen) atoms. The first-order valence-corrected chi connectivity index (χ1v) is 10.1. The molecule has 1 aliphatic carbocycles. The van der Waals surface area contributed by atoms with Crippen LogP contribution in [0.5, 0.6) is 0 Å². The lowest BCUT2D eigenvalue weighted by atomic mass is 10.1. The van der Waals surface area contributed by atoms with E-state index in [4.69, 9.17) is 0 Å². The van der Waals surface area contributed by atoms with Crippen molar-refractivity contribution in [1.82, 2.24) is 14.8 Å². The van der Waals surface area contributed by atoms with Gasteiger partial charge in [-0.25, -0.2) is 4.98 Å². The Morgan fingerprint density at radius 2 is 2.07 bits per heavy atom. The third kappa shape index (κ3) is 4.19. The first kappa shape index (κ1) is 20.0. The van der Waals surface area contributed by atoms with Crippen LogP contribution >= 0.6 is 0 Å². The van der Waals surface area contributed by atoms with Crippen LogP contribution in [0.15, 0.2) is 48.2 Å². The highest BCUT2D eigenvalue weighted by atomic mass is 16.2. The highest BCUT2D eigenvalue weighted by Crippen LogP contribution is 2.32. The Labute approximate surface area is 176 Å². The summed E-state index contributed by atoms with van der Waals surface area (Å²) < 4.78 is 0. The molecule has 0 radical (unpaired) electrons. The summed E-state index contributed by atoms with van der Waals surface area (Å²) in [6.45, 7) is 3.71. The molecule has 6 heteroatoms. The Kier molecular flexibility index (Phi) is 5.50. The van der Waals surface area contributed by atoms with Crippen molar-refractivity contribution < 1.29 is 9.59 Å². The number of nitrogens with zero attached hydrogens (tertiary/aromatic N) is 3. The van der Waals surface area contributed by atoms with Crippen molar-refractivity contribution >= 4 is 29.3 Å². The van der Waals surface area contributed by atoms with Gasteiger partial charge < -0.3 is 10.2 Å². The molecule has 0 spiro atoms. The molecule has 2 aliphatic rings. The monoisotopic (exact) mass is 402 g/mol. The molecule has 1 N–H and O–H groups in total. The molecule has 0 bridgehead atoms. The standard InChI is InChI=1S/C24H26N4O2/c1-16-19(11-18-6-4-5-7-21(16)18)14-28(3)23(30)9-8-17-10-20-13-27(2)15-22(29)26-24(20)25-12-17/h4-10,12H,11,13-15H2,1-3H3,(H,25,26,29). The molecule has 1 aromatic carbocycles. The zero-order valence-corrected chi connectivity index (χ0v) is 17.6.